The molecule has 2 fully saturated rings. The van der Waals surface area contributed by atoms with E-state index in [1.165, 1.54) is 12.1 Å². The summed E-state index contributed by atoms with van der Waals surface area (Å²) in [7, 11) is 0. The number of benzene rings is 1. The quantitative estimate of drug-likeness (QED) is 0.202. The fourth-order valence-electron chi connectivity index (χ4n) is 3.67. The van der Waals surface area contributed by atoms with Crippen molar-refractivity contribution in [3.05, 3.63) is 35.9 Å². The minimum Gasteiger partial charge on any atom is -0.394 e. The van der Waals surface area contributed by atoms with Gasteiger partial charge in [0.1, 0.15) is 61.0 Å². The number of hydrogen-bond acceptors (Lipinski definition) is 12. The predicted octanol–water partition coefficient (Wildman–Crippen LogP) is -4.29. The smallest absolute Gasteiger partial charge is 0.187 e. The van der Waals surface area contributed by atoms with Crippen molar-refractivity contribution in [1.29, 1.82) is 0 Å². The highest BCUT2D eigenvalue weighted by molar-refractivity contribution is 5.20. The van der Waals surface area contributed by atoms with Crippen LogP contribution >= 0.6 is 0 Å². The standard InChI is InChI=1S/C19H28O12/c20-6-8-9(21)10(22)14(26)19(29-8)31-16(7-4-2-1-3-5-7)15(27)17-12(24)11(23)13(25)18(28)30-17/h1-5,8-28H,6H2/t8-,9+,10+,11+,12-,13-,14-,15?,16?,17+,18?,19?/m1/s1. The normalized spacial score (nSPS) is 43.4. The summed E-state index contributed by atoms with van der Waals surface area (Å²) in [5.41, 5.74) is 0.317. The molecule has 1 aromatic rings. The SMILES string of the molecule is OC[C@H]1OC(OC(c2ccccc2)C(O)[C@H]2OC(O)[C@H](O)[C@@H](O)[C@H]2O)[C@H](O)[C@@H](O)[C@H]1O. The Morgan fingerprint density at radius 3 is 2.00 bits per heavy atom. The molecule has 176 valence electrons. The highest BCUT2D eigenvalue weighted by Crippen LogP contribution is 2.34. The molecule has 2 saturated heterocycles. The first-order valence-electron chi connectivity index (χ1n) is 9.74. The first-order chi connectivity index (χ1) is 14.7. The van der Waals surface area contributed by atoms with E-state index in [0.717, 1.165) is 0 Å². The molecule has 0 saturated carbocycles. The van der Waals surface area contributed by atoms with Crippen LogP contribution in [0, 0.1) is 0 Å². The first kappa shape index (κ1) is 24.4. The van der Waals surface area contributed by atoms with Crippen molar-refractivity contribution in [3.8, 4) is 0 Å². The highest BCUT2D eigenvalue weighted by atomic mass is 16.7. The Hall–Kier alpha value is -1.26. The molecule has 9 N–H and O–H groups in total. The summed E-state index contributed by atoms with van der Waals surface area (Å²) in [6.07, 6.45) is -20.1. The molecule has 31 heavy (non-hydrogen) atoms. The lowest BCUT2D eigenvalue weighted by molar-refractivity contribution is -0.335. The molecule has 0 aromatic heterocycles. The lowest BCUT2D eigenvalue weighted by atomic mass is 9.90. The van der Waals surface area contributed by atoms with Crippen molar-refractivity contribution in [2.75, 3.05) is 6.61 Å². The van der Waals surface area contributed by atoms with Crippen molar-refractivity contribution in [1.82, 2.24) is 0 Å². The Kier molecular flexibility index (Phi) is 7.96. The molecule has 0 spiro atoms. The van der Waals surface area contributed by atoms with Crippen molar-refractivity contribution < 1.29 is 60.2 Å². The number of rotatable bonds is 6. The van der Waals surface area contributed by atoms with Gasteiger partial charge in [0.25, 0.3) is 0 Å². The van der Waals surface area contributed by atoms with Gasteiger partial charge in [-0.2, -0.15) is 0 Å². The van der Waals surface area contributed by atoms with Gasteiger partial charge in [0.05, 0.1) is 6.61 Å². The van der Waals surface area contributed by atoms with Crippen LogP contribution in [0.15, 0.2) is 30.3 Å². The van der Waals surface area contributed by atoms with Gasteiger partial charge < -0.3 is 60.2 Å². The zero-order valence-corrected chi connectivity index (χ0v) is 16.3. The molecule has 2 aliphatic rings. The minimum atomic E-state index is -1.90. The van der Waals surface area contributed by atoms with Crippen LogP contribution in [-0.2, 0) is 14.2 Å². The Morgan fingerprint density at radius 1 is 0.774 bits per heavy atom. The second kappa shape index (κ2) is 10.1. The topological polar surface area (TPSA) is 210 Å². The molecule has 12 heteroatoms. The molecule has 0 amide bonds. The van der Waals surface area contributed by atoms with Gasteiger partial charge in [0.2, 0.25) is 0 Å². The van der Waals surface area contributed by atoms with Gasteiger partial charge in [-0.1, -0.05) is 30.3 Å². The number of aliphatic hydroxyl groups excluding tert-OH is 9. The van der Waals surface area contributed by atoms with Crippen LogP contribution < -0.4 is 0 Å². The molecular formula is C19H28O12. The second-order valence-corrected chi connectivity index (χ2v) is 7.62. The van der Waals surface area contributed by atoms with Crippen molar-refractivity contribution in [2.45, 2.75) is 73.6 Å². The Morgan fingerprint density at radius 2 is 1.39 bits per heavy atom. The van der Waals surface area contributed by atoms with Gasteiger partial charge in [-0.05, 0) is 5.56 Å². The lowest BCUT2D eigenvalue weighted by Crippen LogP contribution is -2.62. The Balaban J connectivity index is 1.87. The minimum absolute atomic E-state index is 0.317. The van der Waals surface area contributed by atoms with Crippen LogP contribution in [-0.4, -0.2) is 120 Å². The molecular weight excluding hydrogens is 420 g/mol. The third-order valence-electron chi connectivity index (χ3n) is 5.53. The van der Waals surface area contributed by atoms with Gasteiger partial charge in [0, 0.05) is 0 Å². The maximum Gasteiger partial charge on any atom is 0.187 e. The van der Waals surface area contributed by atoms with Gasteiger partial charge >= 0.3 is 0 Å². The molecule has 1 aromatic carbocycles. The lowest BCUT2D eigenvalue weighted by Gasteiger charge is -2.44. The van der Waals surface area contributed by atoms with E-state index < -0.39 is 80.2 Å². The van der Waals surface area contributed by atoms with Crippen LogP contribution in [0.5, 0.6) is 0 Å². The average Bonchev–Trinajstić information content (AvgIpc) is 2.78. The van der Waals surface area contributed by atoms with E-state index in [1.807, 2.05) is 0 Å². The predicted molar refractivity (Wildman–Crippen MR) is 98.9 cm³/mol. The van der Waals surface area contributed by atoms with E-state index in [9.17, 15) is 46.0 Å². The van der Waals surface area contributed by atoms with E-state index in [4.69, 9.17) is 14.2 Å². The molecule has 0 radical (unpaired) electrons. The van der Waals surface area contributed by atoms with E-state index in [-0.39, 0.29) is 0 Å². The van der Waals surface area contributed by atoms with Crippen LogP contribution in [0.2, 0.25) is 0 Å². The summed E-state index contributed by atoms with van der Waals surface area (Å²) in [5.74, 6) is 0. The maximum atomic E-state index is 10.9. The van der Waals surface area contributed by atoms with Crippen LogP contribution in [0.25, 0.3) is 0 Å². The fraction of sp³-hybridized carbons (Fsp3) is 0.684. The van der Waals surface area contributed by atoms with Crippen LogP contribution in [0.1, 0.15) is 11.7 Å². The average molecular weight is 448 g/mol. The maximum absolute atomic E-state index is 10.9. The van der Waals surface area contributed by atoms with E-state index in [2.05, 4.69) is 0 Å². The summed E-state index contributed by atoms with van der Waals surface area (Å²) < 4.78 is 16.1. The first-order valence-corrected chi connectivity index (χ1v) is 9.74. The van der Waals surface area contributed by atoms with Gasteiger partial charge in [-0.3, -0.25) is 0 Å². The molecule has 3 rings (SSSR count). The summed E-state index contributed by atoms with van der Waals surface area (Å²) >= 11 is 0. The monoisotopic (exact) mass is 448 g/mol. The van der Waals surface area contributed by atoms with Crippen LogP contribution in [0.3, 0.4) is 0 Å². The van der Waals surface area contributed by atoms with Gasteiger partial charge in [-0.25, -0.2) is 0 Å². The van der Waals surface area contributed by atoms with Crippen molar-refractivity contribution >= 4 is 0 Å². The molecule has 12 atom stereocenters. The molecule has 12 nitrogen and oxygen atoms in total. The molecule has 4 unspecified atom stereocenters. The van der Waals surface area contributed by atoms with Crippen LogP contribution in [0.4, 0.5) is 0 Å². The molecule has 0 bridgehead atoms. The molecule has 2 aliphatic heterocycles. The zero-order chi connectivity index (χ0) is 22.9. The Bertz CT molecular complexity index is 690. The zero-order valence-electron chi connectivity index (χ0n) is 16.3. The summed E-state index contributed by atoms with van der Waals surface area (Å²) in [5, 5.41) is 90.1. The number of ether oxygens (including phenoxy) is 3. The van der Waals surface area contributed by atoms with E-state index >= 15 is 0 Å². The summed E-state index contributed by atoms with van der Waals surface area (Å²) in [4.78, 5) is 0. The number of aliphatic hydroxyl groups is 9. The van der Waals surface area contributed by atoms with Crippen molar-refractivity contribution in [2.24, 2.45) is 0 Å². The second-order valence-electron chi connectivity index (χ2n) is 7.62. The van der Waals surface area contributed by atoms with E-state index in [0.29, 0.717) is 5.56 Å². The molecule has 0 aliphatic carbocycles. The summed E-state index contributed by atoms with van der Waals surface area (Å²) in [6.45, 7) is -0.690. The third-order valence-corrected chi connectivity index (χ3v) is 5.53. The Labute approximate surface area is 177 Å². The van der Waals surface area contributed by atoms with Gasteiger partial charge in [0.15, 0.2) is 12.6 Å². The number of hydrogen-bond donors (Lipinski definition) is 9. The largest absolute Gasteiger partial charge is 0.394 e. The molecule has 2 heterocycles. The van der Waals surface area contributed by atoms with E-state index in [1.54, 1.807) is 18.2 Å². The summed E-state index contributed by atoms with van der Waals surface area (Å²) in [6, 6.07) is 7.97. The fourth-order valence-corrected chi connectivity index (χ4v) is 3.67. The third kappa shape index (κ3) is 4.90. The van der Waals surface area contributed by atoms with Gasteiger partial charge in [-0.15, -0.1) is 0 Å². The van der Waals surface area contributed by atoms with Crippen molar-refractivity contribution in [3.63, 3.8) is 0 Å². The highest BCUT2D eigenvalue weighted by Gasteiger charge is 2.50.